The van der Waals surface area contributed by atoms with E-state index in [4.69, 9.17) is 0 Å². The number of rotatable bonds is 1. The highest BCUT2D eigenvalue weighted by molar-refractivity contribution is 7.90. The molecule has 1 unspecified atom stereocenters. The van der Waals surface area contributed by atoms with Gasteiger partial charge in [-0.15, -0.1) is 0 Å². The van der Waals surface area contributed by atoms with Crippen molar-refractivity contribution in [3.63, 3.8) is 0 Å². The SMILES string of the molecule is Cn1c(=O)c2c(nc([S+](C)[O-])n2C)n(C)c1=O. The Kier molecular flexibility index (Phi) is 2.63. The fourth-order valence-electron chi connectivity index (χ4n) is 1.76. The van der Waals surface area contributed by atoms with Gasteiger partial charge >= 0.3 is 10.8 Å². The van der Waals surface area contributed by atoms with E-state index in [0.29, 0.717) is 0 Å². The molecule has 0 amide bonds. The standard InChI is InChI=1S/C9H12N4O3S/c1-11-5-6(10-8(11)17(4)16)12(2)9(15)13(3)7(5)14/h1-4H3. The van der Waals surface area contributed by atoms with Gasteiger partial charge in [-0.25, -0.2) is 4.79 Å². The maximum Gasteiger partial charge on any atom is 0.332 e. The van der Waals surface area contributed by atoms with E-state index < -0.39 is 22.4 Å². The van der Waals surface area contributed by atoms with Crippen molar-refractivity contribution in [1.82, 2.24) is 18.7 Å². The van der Waals surface area contributed by atoms with E-state index in [1.165, 1.54) is 29.5 Å². The van der Waals surface area contributed by atoms with Crippen molar-refractivity contribution in [2.75, 3.05) is 6.26 Å². The Morgan fingerprint density at radius 1 is 1.12 bits per heavy atom. The number of hydrogen-bond acceptors (Lipinski definition) is 4. The monoisotopic (exact) mass is 256 g/mol. The molecule has 17 heavy (non-hydrogen) atoms. The van der Waals surface area contributed by atoms with E-state index in [1.54, 1.807) is 7.05 Å². The topological polar surface area (TPSA) is 84.9 Å². The second-order valence-corrected chi connectivity index (χ2v) is 5.06. The molecule has 92 valence electrons. The number of fused-ring (bicyclic) bond motifs is 1. The summed E-state index contributed by atoms with van der Waals surface area (Å²) in [5.74, 6) is 0. The van der Waals surface area contributed by atoms with Gasteiger partial charge in [0.1, 0.15) is 6.26 Å². The highest BCUT2D eigenvalue weighted by atomic mass is 32.2. The van der Waals surface area contributed by atoms with Crippen molar-refractivity contribution in [3.05, 3.63) is 20.8 Å². The maximum atomic E-state index is 11.9. The van der Waals surface area contributed by atoms with Crippen molar-refractivity contribution in [2.45, 2.75) is 5.16 Å². The Morgan fingerprint density at radius 3 is 2.24 bits per heavy atom. The van der Waals surface area contributed by atoms with Crippen LogP contribution in [0.1, 0.15) is 0 Å². The zero-order valence-corrected chi connectivity index (χ0v) is 10.7. The van der Waals surface area contributed by atoms with E-state index in [0.717, 1.165) is 4.57 Å². The van der Waals surface area contributed by atoms with E-state index in [9.17, 15) is 14.1 Å². The van der Waals surface area contributed by atoms with Crippen molar-refractivity contribution < 1.29 is 4.55 Å². The van der Waals surface area contributed by atoms with Gasteiger partial charge in [0.15, 0.2) is 11.2 Å². The molecule has 7 nitrogen and oxygen atoms in total. The summed E-state index contributed by atoms with van der Waals surface area (Å²) >= 11 is -1.31. The normalized spacial score (nSPS) is 13.2. The molecule has 0 spiro atoms. The van der Waals surface area contributed by atoms with Crippen LogP contribution in [0.2, 0.25) is 0 Å². The molecule has 0 aromatic carbocycles. The molecule has 2 heterocycles. The van der Waals surface area contributed by atoms with Crippen LogP contribution >= 0.6 is 0 Å². The first-order valence-electron chi connectivity index (χ1n) is 4.82. The second-order valence-electron chi connectivity index (χ2n) is 3.79. The lowest BCUT2D eigenvalue weighted by Crippen LogP contribution is -2.37. The molecule has 1 atom stereocenters. The Labute approximate surface area is 99.5 Å². The maximum absolute atomic E-state index is 11.9. The summed E-state index contributed by atoms with van der Waals surface area (Å²) in [6.07, 6.45) is 1.48. The van der Waals surface area contributed by atoms with Gasteiger partial charge in [-0.2, -0.15) is 4.98 Å². The first-order valence-corrected chi connectivity index (χ1v) is 6.38. The van der Waals surface area contributed by atoms with Crippen LogP contribution in [0.4, 0.5) is 0 Å². The summed E-state index contributed by atoms with van der Waals surface area (Å²) in [5, 5.41) is 0.276. The number of aryl methyl sites for hydroxylation is 2. The summed E-state index contributed by atoms with van der Waals surface area (Å²) in [6, 6.07) is 0. The van der Waals surface area contributed by atoms with Gasteiger partial charge in [0, 0.05) is 32.3 Å². The van der Waals surface area contributed by atoms with Crippen LogP contribution < -0.4 is 11.2 Å². The largest absolute Gasteiger partial charge is 0.609 e. The summed E-state index contributed by atoms with van der Waals surface area (Å²) < 4.78 is 15.2. The van der Waals surface area contributed by atoms with Crippen LogP contribution in [0.25, 0.3) is 11.2 Å². The van der Waals surface area contributed by atoms with Gasteiger partial charge in [-0.05, 0) is 0 Å². The highest BCUT2D eigenvalue weighted by Crippen LogP contribution is 2.13. The third kappa shape index (κ3) is 1.52. The number of aromatic nitrogens is 4. The van der Waals surface area contributed by atoms with Gasteiger partial charge in [0.25, 0.3) is 5.56 Å². The van der Waals surface area contributed by atoms with Gasteiger partial charge in [-0.3, -0.25) is 18.5 Å². The molecule has 2 aromatic rings. The first-order chi connectivity index (χ1) is 7.86. The highest BCUT2D eigenvalue weighted by Gasteiger charge is 2.21. The quantitative estimate of drug-likeness (QED) is 0.594. The molecule has 0 radical (unpaired) electrons. The predicted molar refractivity (Wildman–Crippen MR) is 63.5 cm³/mol. The molecular formula is C9H12N4O3S. The molecule has 0 N–H and O–H groups in total. The molecule has 0 bridgehead atoms. The fourth-order valence-corrected chi connectivity index (χ4v) is 2.45. The summed E-state index contributed by atoms with van der Waals surface area (Å²) in [4.78, 5) is 27.7. The minimum atomic E-state index is -1.31. The number of hydrogen-bond donors (Lipinski definition) is 0. The fraction of sp³-hybridized carbons (Fsp3) is 0.444. The third-order valence-electron chi connectivity index (χ3n) is 2.69. The van der Waals surface area contributed by atoms with E-state index >= 15 is 0 Å². The van der Waals surface area contributed by atoms with E-state index in [-0.39, 0.29) is 16.3 Å². The summed E-state index contributed by atoms with van der Waals surface area (Å²) in [7, 11) is 4.54. The Hall–Kier alpha value is -1.54. The van der Waals surface area contributed by atoms with Gasteiger partial charge < -0.3 is 4.55 Å². The Morgan fingerprint density at radius 2 is 1.71 bits per heavy atom. The van der Waals surface area contributed by atoms with E-state index in [2.05, 4.69) is 4.98 Å². The molecule has 0 aliphatic carbocycles. The molecule has 0 fully saturated rings. The Bertz CT molecular complexity index is 710. The minimum Gasteiger partial charge on any atom is -0.609 e. The zero-order valence-electron chi connectivity index (χ0n) is 9.92. The molecule has 2 aromatic heterocycles. The lowest BCUT2D eigenvalue weighted by Gasteiger charge is -2.03. The van der Waals surface area contributed by atoms with E-state index in [1.807, 2.05) is 0 Å². The summed E-state index contributed by atoms with van der Waals surface area (Å²) in [6.45, 7) is 0. The molecule has 0 aliphatic heterocycles. The lowest BCUT2D eigenvalue weighted by molar-refractivity contribution is 0.585. The van der Waals surface area contributed by atoms with Crippen molar-refractivity contribution in [2.24, 2.45) is 21.1 Å². The van der Waals surface area contributed by atoms with Crippen LogP contribution in [-0.4, -0.2) is 29.5 Å². The average molecular weight is 256 g/mol. The van der Waals surface area contributed by atoms with Crippen molar-refractivity contribution in [1.29, 1.82) is 0 Å². The second kappa shape index (κ2) is 3.74. The zero-order chi connectivity index (χ0) is 12.9. The third-order valence-corrected chi connectivity index (χ3v) is 3.57. The van der Waals surface area contributed by atoms with Crippen LogP contribution in [0.15, 0.2) is 14.7 Å². The van der Waals surface area contributed by atoms with Gasteiger partial charge in [0.05, 0.1) is 0 Å². The molecule has 0 aliphatic rings. The average Bonchev–Trinajstić information content (AvgIpc) is 2.62. The molecule has 0 saturated carbocycles. The smallest absolute Gasteiger partial charge is 0.332 e. The van der Waals surface area contributed by atoms with Crippen LogP contribution in [-0.2, 0) is 32.3 Å². The first kappa shape index (κ1) is 11.9. The van der Waals surface area contributed by atoms with Crippen molar-refractivity contribution in [3.8, 4) is 0 Å². The van der Waals surface area contributed by atoms with Gasteiger partial charge in [0.2, 0.25) is 0 Å². The number of imidazole rings is 1. The minimum absolute atomic E-state index is 0.255. The molecule has 0 saturated heterocycles. The molecular weight excluding hydrogens is 244 g/mol. The molecule has 2 rings (SSSR count). The summed E-state index contributed by atoms with van der Waals surface area (Å²) in [5.41, 5.74) is -0.352. The predicted octanol–water partition coefficient (Wildman–Crippen LogP) is -1.29. The lowest BCUT2D eigenvalue weighted by atomic mass is 10.5. The number of nitrogens with zero attached hydrogens (tertiary/aromatic N) is 4. The van der Waals surface area contributed by atoms with Crippen molar-refractivity contribution >= 4 is 22.3 Å². The Balaban J connectivity index is 3.08. The van der Waals surface area contributed by atoms with Crippen LogP contribution in [0.3, 0.4) is 0 Å². The molecule has 8 heteroatoms. The van der Waals surface area contributed by atoms with Crippen LogP contribution in [0.5, 0.6) is 0 Å². The van der Waals surface area contributed by atoms with Gasteiger partial charge in [-0.1, -0.05) is 0 Å². The van der Waals surface area contributed by atoms with Crippen LogP contribution in [0, 0.1) is 0 Å².